The number of hydrogen-bond donors (Lipinski definition) is 0. The Labute approximate surface area is 152 Å². The fourth-order valence-electron chi connectivity index (χ4n) is 4.31. The Balaban J connectivity index is 2.02. The number of rotatable bonds is 2. The first-order valence-corrected chi connectivity index (χ1v) is 9.98. The molecule has 1 nitrogen and oxygen atoms in total. The van der Waals surface area contributed by atoms with E-state index in [0.717, 1.165) is 19.3 Å². The maximum Gasteiger partial charge on any atom is 0.147 e. The van der Waals surface area contributed by atoms with Gasteiger partial charge >= 0.3 is 0 Å². The van der Waals surface area contributed by atoms with Gasteiger partial charge in [-0.2, -0.15) is 0 Å². The maximum absolute atomic E-state index is 13.6. The van der Waals surface area contributed by atoms with Gasteiger partial charge in [0.1, 0.15) is 5.78 Å². The van der Waals surface area contributed by atoms with Gasteiger partial charge in [0.05, 0.1) is 5.41 Å². The molecule has 1 heteroatoms. The predicted octanol–water partition coefficient (Wildman–Crippen LogP) is 6.46. The van der Waals surface area contributed by atoms with Crippen LogP contribution in [0.5, 0.6) is 0 Å². The van der Waals surface area contributed by atoms with Gasteiger partial charge in [-0.15, -0.1) is 0 Å². The van der Waals surface area contributed by atoms with Crippen LogP contribution in [0, 0.1) is 0 Å². The average molecular weight is 335 g/mol. The normalized spacial score (nSPS) is 19.6. The number of carbonyl (C=O) groups is 1. The van der Waals surface area contributed by atoms with Crippen molar-refractivity contribution >= 4 is 5.78 Å². The van der Waals surface area contributed by atoms with Gasteiger partial charge in [0.25, 0.3) is 0 Å². The molecule has 0 bridgehead atoms. The van der Waals surface area contributed by atoms with Crippen molar-refractivity contribution in [3.8, 4) is 0 Å². The summed E-state index contributed by atoms with van der Waals surface area (Å²) in [5, 5.41) is 0. The van der Waals surface area contributed by atoms with E-state index in [2.05, 4.69) is 48.5 Å². The summed E-state index contributed by atoms with van der Waals surface area (Å²) < 4.78 is 0. The van der Waals surface area contributed by atoms with Gasteiger partial charge in [-0.05, 0) is 24.0 Å². The van der Waals surface area contributed by atoms with Crippen molar-refractivity contribution in [3.63, 3.8) is 0 Å². The molecule has 0 spiro atoms. The molecule has 2 aromatic carbocycles. The molecule has 0 unspecified atom stereocenters. The molecule has 0 radical (unpaired) electrons. The highest BCUT2D eigenvalue weighted by atomic mass is 16.1. The van der Waals surface area contributed by atoms with E-state index in [9.17, 15) is 4.79 Å². The van der Waals surface area contributed by atoms with Crippen LogP contribution < -0.4 is 0 Å². The van der Waals surface area contributed by atoms with E-state index in [4.69, 9.17) is 0 Å². The van der Waals surface area contributed by atoms with Gasteiger partial charge in [0.15, 0.2) is 0 Å². The molecule has 0 amide bonds. The van der Waals surface area contributed by atoms with E-state index in [1.807, 2.05) is 12.1 Å². The molecule has 1 fully saturated rings. The van der Waals surface area contributed by atoms with Gasteiger partial charge in [0.2, 0.25) is 0 Å². The maximum atomic E-state index is 13.6. The first-order valence-electron chi connectivity index (χ1n) is 9.98. The van der Waals surface area contributed by atoms with Crippen molar-refractivity contribution in [1.82, 2.24) is 0 Å². The third kappa shape index (κ3) is 4.21. The van der Waals surface area contributed by atoms with Crippen molar-refractivity contribution in [2.45, 2.75) is 69.6 Å². The van der Waals surface area contributed by atoms with Gasteiger partial charge < -0.3 is 0 Å². The van der Waals surface area contributed by atoms with Crippen molar-refractivity contribution in [1.29, 1.82) is 0 Å². The molecule has 0 saturated heterocycles. The molecular weight excluding hydrogens is 304 g/mol. The summed E-state index contributed by atoms with van der Waals surface area (Å²) in [6.07, 6.45) is 11.4. The molecule has 1 saturated carbocycles. The second-order valence-electron chi connectivity index (χ2n) is 7.39. The molecule has 0 aromatic heterocycles. The van der Waals surface area contributed by atoms with E-state index in [0.29, 0.717) is 12.2 Å². The topological polar surface area (TPSA) is 17.1 Å². The molecule has 132 valence electrons. The summed E-state index contributed by atoms with van der Waals surface area (Å²) in [5.41, 5.74) is 1.87. The molecule has 3 rings (SSSR count). The van der Waals surface area contributed by atoms with Crippen molar-refractivity contribution in [2.75, 3.05) is 0 Å². The second kappa shape index (κ2) is 8.99. The van der Waals surface area contributed by atoms with Gasteiger partial charge in [0, 0.05) is 6.42 Å². The highest BCUT2D eigenvalue weighted by Crippen LogP contribution is 2.40. The third-order valence-corrected chi connectivity index (χ3v) is 5.71. The van der Waals surface area contributed by atoms with Crippen LogP contribution in [0.1, 0.15) is 75.3 Å². The largest absolute Gasteiger partial charge is 0.298 e. The lowest BCUT2D eigenvalue weighted by atomic mass is 9.67. The van der Waals surface area contributed by atoms with Crippen LogP contribution in [-0.4, -0.2) is 5.78 Å². The summed E-state index contributed by atoms with van der Waals surface area (Å²) in [4.78, 5) is 13.6. The summed E-state index contributed by atoms with van der Waals surface area (Å²) >= 11 is 0. The summed E-state index contributed by atoms with van der Waals surface area (Å²) in [7, 11) is 0. The Hall–Kier alpha value is -1.89. The van der Waals surface area contributed by atoms with E-state index in [1.54, 1.807) is 0 Å². The van der Waals surface area contributed by atoms with Crippen LogP contribution in [-0.2, 0) is 10.2 Å². The lowest BCUT2D eigenvalue weighted by Crippen LogP contribution is -2.37. The molecule has 2 aromatic rings. The fraction of sp³-hybridized carbons (Fsp3) is 0.458. The zero-order valence-electron chi connectivity index (χ0n) is 15.3. The number of carbonyl (C=O) groups excluding carboxylic acids is 1. The highest BCUT2D eigenvalue weighted by Gasteiger charge is 2.40. The average Bonchev–Trinajstić information content (AvgIpc) is 2.66. The number of benzene rings is 2. The SMILES string of the molecule is O=C1CCCCCCCCCCC1(c1ccccc1)c1ccccc1. The van der Waals surface area contributed by atoms with Crippen molar-refractivity contribution in [3.05, 3.63) is 71.8 Å². The van der Waals surface area contributed by atoms with Crippen molar-refractivity contribution in [2.24, 2.45) is 0 Å². The Bertz CT molecular complexity index is 605. The van der Waals surface area contributed by atoms with Gasteiger partial charge in [-0.3, -0.25) is 4.79 Å². The lowest BCUT2D eigenvalue weighted by Gasteiger charge is -2.34. The van der Waals surface area contributed by atoms with Gasteiger partial charge in [-0.25, -0.2) is 0 Å². The Kier molecular flexibility index (Phi) is 6.44. The van der Waals surface area contributed by atoms with Gasteiger partial charge in [-0.1, -0.05) is 106 Å². The summed E-state index contributed by atoms with van der Waals surface area (Å²) in [6.45, 7) is 0. The predicted molar refractivity (Wildman–Crippen MR) is 105 cm³/mol. The van der Waals surface area contributed by atoms with E-state index in [1.165, 1.54) is 49.7 Å². The molecule has 0 aliphatic heterocycles. The minimum Gasteiger partial charge on any atom is -0.298 e. The van der Waals surface area contributed by atoms with E-state index in [-0.39, 0.29) is 0 Å². The van der Waals surface area contributed by atoms with Crippen LogP contribution in [0.25, 0.3) is 0 Å². The first kappa shape index (κ1) is 17.9. The molecule has 0 N–H and O–H groups in total. The van der Waals surface area contributed by atoms with Crippen LogP contribution in [0.2, 0.25) is 0 Å². The summed E-state index contributed by atoms with van der Waals surface area (Å²) in [5.74, 6) is 0.408. The molecule has 0 heterocycles. The lowest BCUT2D eigenvalue weighted by molar-refractivity contribution is -0.123. The minimum absolute atomic E-state index is 0.408. The Morgan fingerprint density at radius 1 is 0.560 bits per heavy atom. The van der Waals surface area contributed by atoms with Crippen LogP contribution in [0.15, 0.2) is 60.7 Å². The highest BCUT2D eigenvalue weighted by molar-refractivity contribution is 5.93. The monoisotopic (exact) mass is 334 g/mol. The molecule has 1 aliphatic carbocycles. The quantitative estimate of drug-likeness (QED) is 0.616. The third-order valence-electron chi connectivity index (χ3n) is 5.71. The smallest absolute Gasteiger partial charge is 0.147 e. The molecule has 1 aliphatic rings. The molecular formula is C24H30O. The Morgan fingerprint density at radius 3 is 1.52 bits per heavy atom. The zero-order valence-corrected chi connectivity index (χ0v) is 15.3. The number of Topliss-reactive ketones (excluding diaryl/α,β-unsaturated/α-hetero) is 1. The van der Waals surface area contributed by atoms with E-state index >= 15 is 0 Å². The standard InChI is InChI=1S/C24H30O/c25-23-19-13-5-3-1-2-4-6-14-20-24(23,21-15-9-7-10-16-21)22-17-11-8-12-18-22/h7-12,15-18H,1-6,13-14,19-20H2. The molecule has 0 atom stereocenters. The first-order chi connectivity index (χ1) is 12.3. The number of hydrogen-bond acceptors (Lipinski definition) is 1. The van der Waals surface area contributed by atoms with Crippen LogP contribution >= 0.6 is 0 Å². The minimum atomic E-state index is -0.471. The fourth-order valence-corrected chi connectivity index (χ4v) is 4.31. The van der Waals surface area contributed by atoms with E-state index < -0.39 is 5.41 Å². The Morgan fingerprint density at radius 2 is 1.00 bits per heavy atom. The zero-order chi connectivity index (χ0) is 17.4. The van der Waals surface area contributed by atoms with Crippen molar-refractivity contribution < 1.29 is 4.79 Å². The van der Waals surface area contributed by atoms with Crippen LogP contribution in [0.3, 0.4) is 0 Å². The van der Waals surface area contributed by atoms with Crippen LogP contribution in [0.4, 0.5) is 0 Å². The second-order valence-corrected chi connectivity index (χ2v) is 7.39. The molecule has 25 heavy (non-hydrogen) atoms. The summed E-state index contributed by atoms with van der Waals surface area (Å²) in [6, 6.07) is 21.0. The number of ketones is 1.